The van der Waals surface area contributed by atoms with Crippen LogP contribution in [0.15, 0.2) is 0 Å². The van der Waals surface area contributed by atoms with Gasteiger partial charge in [0.15, 0.2) is 0 Å². The fourth-order valence-electron chi connectivity index (χ4n) is 2.56. The van der Waals surface area contributed by atoms with Gasteiger partial charge in [0, 0.05) is 25.4 Å². The van der Waals surface area contributed by atoms with Gasteiger partial charge in [-0.15, -0.1) is 0 Å². The fraction of sp³-hybridized carbons (Fsp3) is 0.786. The summed E-state index contributed by atoms with van der Waals surface area (Å²) in [6.45, 7) is 6.06. The van der Waals surface area contributed by atoms with Gasteiger partial charge in [0.05, 0.1) is 7.11 Å². The molecule has 0 radical (unpaired) electrons. The highest BCUT2D eigenvalue weighted by atomic mass is 16.5. The molecule has 1 N–H and O–H groups in total. The second kappa shape index (κ2) is 6.83. The number of amides is 2. The maximum atomic E-state index is 11.9. The molecular weight excluding hydrogens is 260 g/mol. The van der Waals surface area contributed by atoms with Gasteiger partial charge >= 0.3 is 5.97 Å². The van der Waals surface area contributed by atoms with E-state index in [4.69, 9.17) is 4.74 Å². The van der Waals surface area contributed by atoms with Crippen LogP contribution in [0.4, 0.5) is 0 Å². The van der Waals surface area contributed by atoms with Crippen molar-refractivity contribution in [2.24, 2.45) is 0 Å². The number of ether oxygens (including phenoxy) is 1. The highest BCUT2D eigenvalue weighted by Crippen LogP contribution is 2.18. The summed E-state index contributed by atoms with van der Waals surface area (Å²) in [5.41, 5.74) is -0.797. The molecule has 0 aromatic heterocycles. The molecule has 6 nitrogen and oxygen atoms in total. The summed E-state index contributed by atoms with van der Waals surface area (Å²) in [7, 11) is 1.36. The third-order valence-corrected chi connectivity index (χ3v) is 3.46. The highest BCUT2D eigenvalue weighted by Gasteiger charge is 2.35. The van der Waals surface area contributed by atoms with E-state index >= 15 is 0 Å². The van der Waals surface area contributed by atoms with Crippen LogP contribution in [0, 0.1) is 0 Å². The van der Waals surface area contributed by atoms with E-state index in [-0.39, 0.29) is 23.8 Å². The smallest absolute Gasteiger partial charge is 0.325 e. The third kappa shape index (κ3) is 4.03. The highest BCUT2D eigenvalue weighted by molar-refractivity contribution is 6.01. The number of likely N-dealkylation sites (tertiary alicyclic amines) is 1. The molecule has 0 spiro atoms. The maximum absolute atomic E-state index is 11.9. The van der Waals surface area contributed by atoms with Crippen molar-refractivity contribution < 1.29 is 19.1 Å². The van der Waals surface area contributed by atoms with E-state index in [2.05, 4.69) is 5.32 Å². The minimum absolute atomic E-state index is 0.119. The van der Waals surface area contributed by atoms with E-state index in [0.29, 0.717) is 32.2 Å². The van der Waals surface area contributed by atoms with Crippen LogP contribution in [-0.4, -0.2) is 47.9 Å². The summed E-state index contributed by atoms with van der Waals surface area (Å²) >= 11 is 0. The lowest BCUT2D eigenvalue weighted by molar-refractivity contribution is -0.148. The lowest BCUT2D eigenvalue weighted by Crippen LogP contribution is -2.53. The van der Waals surface area contributed by atoms with E-state index in [1.807, 2.05) is 13.8 Å². The Labute approximate surface area is 119 Å². The first-order valence-electron chi connectivity index (χ1n) is 6.99. The molecule has 1 aliphatic heterocycles. The van der Waals surface area contributed by atoms with Gasteiger partial charge in [-0.05, 0) is 33.6 Å². The summed E-state index contributed by atoms with van der Waals surface area (Å²) in [5.74, 6) is -0.566. The van der Waals surface area contributed by atoms with Crippen molar-refractivity contribution in [2.45, 2.75) is 58.0 Å². The Bertz CT molecular complexity index is 379. The summed E-state index contributed by atoms with van der Waals surface area (Å²) in [5, 5.41) is 3.19. The Kier molecular flexibility index (Phi) is 5.68. The Hall–Kier alpha value is -1.43. The molecule has 0 aromatic carbocycles. The van der Waals surface area contributed by atoms with Gasteiger partial charge in [-0.2, -0.15) is 0 Å². The minimum Gasteiger partial charge on any atom is -0.468 e. The van der Waals surface area contributed by atoms with Crippen LogP contribution in [0.25, 0.3) is 0 Å². The first-order chi connectivity index (χ1) is 9.30. The normalized spacial score (nSPS) is 18.6. The number of rotatable bonds is 7. The molecule has 1 rings (SSSR count). The van der Waals surface area contributed by atoms with Crippen molar-refractivity contribution in [3.63, 3.8) is 0 Å². The van der Waals surface area contributed by atoms with Gasteiger partial charge in [0.2, 0.25) is 11.8 Å². The number of carbonyl (C=O) groups is 3. The van der Waals surface area contributed by atoms with E-state index in [1.165, 1.54) is 12.0 Å². The average molecular weight is 284 g/mol. The Morgan fingerprint density at radius 3 is 2.35 bits per heavy atom. The lowest BCUT2D eigenvalue weighted by Gasteiger charge is -2.30. The average Bonchev–Trinajstić information content (AvgIpc) is 2.68. The van der Waals surface area contributed by atoms with Gasteiger partial charge in [0.25, 0.3) is 0 Å². The fourth-order valence-corrected chi connectivity index (χ4v) is 2.56. The van der Waals surface area contributed by atoms with Gasteiger partial charge in [-0.3, -0.25) is 24.6 Å². The van der Waals surface area contributed by atoms with E-state index in [1.54, 1.807) is 6.92 Å². The molecule has 2 amide bonds. The molecule has 0 aliphatic carbocycles. The summed E-state index contributed by atoms with van der Waals surface area (Å²) in [6, 6.07) is 0.133. The molecule has 1 aliphatic rings. The van der Waals surface area contributed by atoms with Crippen LogP contribution in [0.3, 0.4) is 0 Å². The third-order valence-electron chi connectivity index (χ3n) is 3.46. The van der Waals surface area contributed by atoms with Crippen LogP contribution >= 0.6 is 0 Å². The van der Waals surface area contributed by atoms with Crippen molar-refractivity contribution in [1.82, 2.24) is 10.2 Å². The van der Waals surface area contributed by atoms with Crippen LogP contribution in [0.2, 0.25) is 0 Å². The number of carbonyl (C=O) groups excluding carboxylic acids is 3. The standard InChI is InChI=1S/C14H24N2O4/c1-10(2)15-14(3,13(19)20-4)8-5-9-16-11(17)6-7-12(16)18/h10,15H,5-9H2,1-4H3. The van der Waals surface area contributed by atoms with Crippen LogP contribution < -0.4 is 5.32 Å². The van der Waals surface area contributed by atoms with Crippen LogP contribution in [-0.2, 0) is 19.1 Å². The molecule has 0 bridgehead atoms. The molecule has 114 valence electrons. The predicted molar refractivity (Wildman–Crippen MR) is 73.9 cm³/mol. The number of nitrogens with one attached hydrogen (secondary N) is 1. The zero-order chi connectivity index (χ0) is 15.3. The van der Waals surface area contributed by atoms with Crippen LogP contribution in [0.5, 0.6) is 0 Å². The van der Waals surface area contributed by atoms with Gasteiger partial charge in [0.1, 0.15) is 5.54 Å². The van der Waals surface area contributed by atoms with E-state index in [0.717, 1.165) is 0 Å². The largest absolute Gasteiger partial charge is 0.468 e. The monoisotopic (exact) mass is 284 g/mol. The molecule has 1 heterocycles. The second-order valence-corrected chi connectivity index (χ2v) is 5.67. The number of hydrogen-bond acceptors (Lipinski definition) is 5. The molecular formula is C14H24N2O4. The van der Waals surface area contributed by atoms with Gasteiger partial charge < -0.3 is 4.74 Å². The number of hydrogen-bond donors (Lipinski definition) is 1. The molecule has 1 fully saturated rings. The summed E-state index contributed by atoms with van der Waals surface area (Å²) < 4.78 is 4.83. The topological polar surface area (TPSA) is 75.7 Å². The molecule has 0 aromatic rings. The molecule has 1 atom stereocenters. The first kappa shape index (κ1) is 16.6. The number of methoxy groups -OCH3 is 1. The summed E-state index contributed by atoms with van der Waals surface area (Å²) in [4.78, 5) is 36.2. The SMILES string of the molecule is COC(=O)C(C)(CCCN1C(=O)CCC1=O)NC(C)C. The Morgan fingerprint density at radius 1 is 1.35 bits per heavy atom. The first-order valence-corrected chi connectivity index (χ1v) is 6.99. The number of imide groups is 1. The lowest BCUT2D eigenvalue weighted by atomic mass is 9.94. The molecule has 1 saturated heterocycles. The van der Waals surface area contributed by atoms with Gasteiger partial charge in [-0.1, -0.05) is 0 Å². The minimum atomic E-state index is -0.797. The van der Waals surface area contributed by atoms with Crippen LogP contribution in [0.1, 0.15) is 46.5 Å². The quantitative estimate of drug-likeness (QED) is 0.554. The zero-order valence-electron chi connectivity index (χ0n) is 12.7. The Balaban J connectivity index is 2.56. The van der Waals surface area contributed by atoms with Crippen molar-refractivity contribution in [1.29, 1.82) is 0 Å². The number of esters is 1. The van der Waals surface area contributed by atoms with E-state index in [9.17, 15) is 14.4 Å². The van der Waals surface area contributed by atoms with Crippen molar-refractivity contribution in [3.05, 3.63) is 0 Å². The predicted octanol–water partition coefficient (Wildman–Crippen LogP) is 0.845. The number of nitrogens with zero attached hydrogens (tertiary/aromatic N) is 1. The summed E-state index contributed by atoms with van der Waals surface area (Å²) in [6.07, 6.45) is 1.69. The van der Waals surface area contributed by atoms with E-state index < -0.39 is 5.54 Å². The molecule has 20 heavy (non-hydrogen) atoms. The molecule has 6 heteroatoms. The molecule has 1 unspecified atom stereocenters. The van der Waals surface area contributed by atoms with Crippen molar-refractivity contribution in [2.75, 3.05) is 13.7 Å². The zero-order valence-corrected chi connectivity index (χ0v) is 12.7. The maximum Gasteiger partial charge on any atom is 0.325 e. The van der Waals surface area contributed by atoms with Crippen molar-refractivity contribution >= 4 is 17.8 Å². The van der Waals surface area contributed by atoms with Gasteiger partial charge in [-0.25, -0.2) is 0 Å². The Morgan fingerprint density at radius 2 is 1.90 bits per heavy atom. The second-order valence-electron chi connectivity index (χ2n) is 5.67. The molecule has 0 saturated carbocycles. The van der Waals surface area contributed by atoms with Crippen molar-refractivity contribution in [3.8, 4) is 0 Å².